The lowest BCUT2D eigenvalue weighted by Crippen LogP contribution is -2.24. The monoisotopic (exact) mass is 256 g/mol. The quantitative estimate of drug-likeness (QED) is 0.351. The molecule has 1 N–H and O–H groups in total. The van der Waals surface area contributed by atoms with Gasteiger partial charge >= 0.3 is 5.69 Å². The van der Waals surface area contributed by atoms with Crippen LogP contribution in [0, 0.1) is 10.1 Å². The second-order valence-electron chi connectivity index (χ2n) is 3.13. The zero-order chi connectivity index (χ0) is 13.5. The highest BCUT2D eigenvalue weighted by atomic mass is 16.8. The summed E-state index contributed by atoms with van der Waals surface area (Å²) in [6.45, 7) is -0.121. The number of amides is 1. The van der Waals surface area contributed by atoms with Crippen molar-refractivity contribution in [3.05, 3.63) is 33.9 Å². The summed E-state index contributed by atoms with van der Waals surface area (Å²) >= 11 is 0. The maximum atomic E-state index is 11.5. The molecule has 98 valence electrons. The van der Waals surface area contributed by atoms with Crippen molar-refractivity contribution in [2.75, 3.05) is 21.0 Å². The fourth-order valence-corrected chi connectivity index (χ4v) is 1.19. The number of nitro groups is 1. The van der Waals surface area contributed by atoms with E-state index in [0.717, 1.165) is 6.07 Å². The molecule has 0 aliphatic carbocycles. The number of nitrogens with zero attached hydrogens (tertiary/aromatic N) is 1. The molecule has 0 atom stereocenters. The second-order valence-corrected chi connectivity index (χ2v) is 3.13. The number of hydrogen-bond acceptors (Lipinski definition) is 6. The summed E-state index contributed by atoms with van der Waals surface area (Å²) in [4.78, 5) is 26.3. The van der Waals surface area contributed by atoms with E-state index in [1.807, 2.05) is 0 Å². The van der Waals surface area contributed by atoms with Crippen molar-refractivity contribution in [2.45, 2.75) is 0 Å². The van der Waals surface area contributed by atoms with Crippen LogP contribution in [0.1, 0.15) is 10.4 Å². The zero-order valence-corrected chi connectivity index (χ0v) is 9.84. The Labute approximate surface area is 103 Å². The number of carbonyl (C=O) groups excluding carboxylic acids is 1. The standard InChI is InChI=1S/C10H12N2O6/c1-16-6-18-11-10(13)7-3-4-9(17-2)8(5-7)12(14)15/h3-5H,6H2,1-2H3,(H,11,13). The molecule has 8 nitrogen and oxygen atoms in total. The summed E-state index contributed by atoms with van der Waals surface area (Å²) in [5.41, 5.74) is 1.86. The van der Waals surface area contributed by atoms with Crippen LogP contribution in [0.4, 0.5) is 5.69 Å². The zero-order valence-electron chi connectivity index (χ0n) is 9.84. The normalized spacial score (nSPS) is 9.89. The Balaban J connectivity index is 2.87. The Morgan fingerprint density at radius 3 is 2.72 bits per heavy atom. The molecular formula is C10H12N2O6. The number of nitrogens with one attached hydrogen (secondary N) is 1. The van der Waals surface area contributed by atoms with E-state index in [4.69, 9.17) is 4.74 Å². The predicted molar refractivity (Wildman–Crippen MR) is 60.1 cm³/mol. The van der Waals surface area contributed by atoms with E-state index in [0.29, 0.717) is 0 Å². The second kappa shape index (κ2) is 6.52. The van der Waals surface area contributed by atoms with Crippen molar-refractivity contribution >= 4 is 11.6 Å². The van der Waals surface area contributed by atoms with Gasteiger partial charge in [0.15, 0.2) is 12.5 Å². The molecule has 1 rings (SSSR count). The van der Waals surface area contributed by atoms with Gasteiger partial charge in [0.25, 0.3) is 5.91 Å². The smallest absolute Gasteiger partial charge is 0.311 e. The van der Waals surface area contributed by atoms with Crippen LogP contribution >= 0.6 is 0 Å². The summed E-state index contributed by atoms with van der Waals surface area (Å²) in [5.74, 6) is -0.535. The molecule has 1 aromatic carbocycles. The van der Waals surface area contributed by atoms with Crippen molar-refractivity contribution in [3.63, 3.8) is 0 Å². The van der Waals surface area contributed by atoms with Gasteiger partial charge in [0.05, 0.1) is 12.0 Å². The van der Waals surface area contributed by atoms with E-state index in [1.54, 1.807) is 0 Å². The Morgan fingerprint density at radius 2 is 2.17 bits per heavy atom. The molecule has 0 saturated heterocycles. The molecule has 0 saturated carbocycles. The Kier molecular flexibility index (Phi) is 5.03. The van der Waals surface area contributed by atoms with Crippen molar-refractivity contribution in [1.29, 1.82) is 0 Å². The summed E-state index contributed by atoms with van der Waals surface area (Å²) < 4.78 is 9.38. The molecule has 8 heteroatoms. The van der Waals surface area contributed by atoms with Crippen LogP contribution in [0.25, 0.3) is 0 Å². The topological polar surface area (TPSA) is 99.9 Å². The molecule has 0 heterocycles. The molecule has 0 aliphatic rings. The number of methoxy groups -OCH3 is 2. The minimum atomic E-state index is -0.633. The lowest BCUT2D eigenvalue weighted by atomic mass is 10.2. The van der Waals surface area contributed by atoms with Crippen LogP contribution in [-0.4, -0.2) is 31.8 Å². The number of ether oxygens (including phenoxy) is 2. The largest absolute Gasteiger partial charge is 0.490 e. The van der Waals surface area contributed by atoms with Crippen molar-refractivity contribution in [2.24, 2.45) is 0 Å². The Bertz CT molecular complexity index is 448. The average molecular weight is 256 g/mol. The van der Waals surface area contributed by atoms with Crippen molar-refractivity contribution in [1.82, 2.24) is 5.48 Å². The Morgan fingerprint density at radius 1 is 1.44 bits per heavy atom. The van der Waals surface area contributed by atoms with E-state index in [-0.39, 0.29) is 23.8 Å². The van der Waals surface area contributed by atoms with Gasteiger partial charge < -0.3 is 9.47 Å². The van der Waals surface area contributed by atoms with Gasteiger partial charge in [-0.1, -0.05) is 0 Å². The molecule has 0 bridgehead atoms. The van der Waals surface area contributed by atoms with Crippen LogP contribution in [0.5, 0.6) is 5.75 Å². The van der Waals surface area contributed by atoms with Gasteiger partial charge in [-0.25, -0.2) is 10.3 Å². The number of carbonyl (C=O) groups is 1. The van der Waals surface area contributed by atoms with E-state index < -0.39 is 10.8 Å². The minimum absolute atomic E-state index is 0.0781. The first-order chi connectivity index (χ1) is 8.60. The number of hydrogen-bond donors (Lipinski definition) is 1. The fourth-order valence-electron chi connectivity index (χ4n) is 1.19. The maximum absolute atomic E-state index is 11.5. The first kappa shape index (κ1) is 13.9. The van der Waals surface area contributed by atoms with Crippen LogP contribution in [0.15, 0.2) is 18.2 Å². The molecule has 0 aliphatic heterocycles. The van der Waals surface area contributed by atoms with Gasteiger partial charge in [-0.15, -0.1) is 0 Å². The van der Waals surface area contributed by atoms with Crippen LogP contribution in [0.3, 0.4) is 0 Å². The lowest BCUT2D eigenvalue weighted by Gasteiger charge is -2.06. The fraction of sp³-hybridized carbons (Fsp3) is 0.300. The van der Waals surface area contributed by atoms with Crippen LogP contribution in [-0.2, 0) is 9.57 Å². The van der Waals surface area contributed by atoms with Gasteiger partial charge in [0, 0.05) is 18.7 Å². The van der Waals surface area contributed by atoms with E-state index >= 15 is 0 Å². The van der Waals surface area contributed by atoms with Crippen LogP contribution < -0.4 is 10.2 Å². The highest BCUT2D eigenvalue weighted by Crippen LogP contribution is 2.27. The highest BCUT2D eigenvalue weighted by molar-refractivity contribution is 5.94. The third-order valence-corrected chi connectivity index (χ3v) is 1.98. The minimum Gasteiger partial charge on any atom is -0.490 e. The number of rotatable bonds is 6. The summed E-state index contributed by atoms with van der Waals surface area (Å²) in [6, 6.07) is 3.82. The first-order valence-electron chi connectivity index (χ1n) is 4.83. The average Bonchev–Trinajstić information content (AvgIpc) is 2.38. The van der Waals surface area contributed by atoms with Gasteiger partial charge in [-0.3, -0.25) is 14.9 Å². The molecule has 18 heavy (non-hydrogen) atoms. The van der Waals surface area contributed by atoms with Gasteiger partial charge in [-0.2, -0.15) is 0 Å². The summed E-state index contributed by atoms with van der Waals surface area (Å²) in [6.07, 6.45) is 0. The first-order valence-corrected chi connectivity index (χ1v) is 4.83. The van der Waals surface area contributed by atoms with Crippen LogP contribution in [0.2, 0.25) is 0 Å². The SMILES string of the molecule is COCONC(=O)c1ccc(OC)c([N+](=O)[O-])c1. The van der Waals surface area contributed by atoms with Gasteiger partial charge in [-0.05, 0) is 12.1 Å². The molecule has 0 fully saturated rings. The third-order valence-electron chi connectivity index (χ3n) is 1.98. The highest BCUT2D eigenvalue weighted by Gasteiger charge is 2.18. The predicted octanol–water partition coefficient (Wildman–Crippen LogP) is 0.869. The number of hydroxylamine groups is 1. The molecular weight excluding hydrogens is 244 g/mol. The van der Waals surface area contributed by atoms with E-state index in [2.05, 4.69) is 15.1 Å². The van der Waals surface area contributed by atoms with Gasteiger partial charge in [0.1, 0.15) is 0 Å². The molecule has 0 radical (unpaired) electrons. The third kappa shape index (κ3) is 3.40. The number of benzene rings is 1. The molecule has 0 spiro atoms. The molecule has 1 aromatic rings. The molecule has 0 aromatic heterocycles. The molecule has 0 unspecified atom stereocenters. The summed E-state index contributed by atoms with van der Waals surface area (Å²) in [5, 5.41) is 10.8. The lowest BCUT2D eigenvalue weighted by molar-refractivity contribution is -0.385. The van der Waals surface area contributed by atoms with Crippen molar-refractivity contribution in [3.8, 4) is 5.75 Å². The number of nitro benzene ring substituents is 1. The van der Waals surface area contributed by atoms with E-state index in [9.17, 15) is 14.9 Å². The maximum Gasteiger partial charge on any atom is 0.311 e. The molecule has 1 amide bonds. The van der Waals surface area contributed by atoms with Crippen molar-refractivity contribution < 1.29 is 24.0 Å². The Hall–Kier alpha value is -2.19. The summed E-state index contributed by atoms with van der Waals surface area (Å²) in [7, 11) is 2.70. The van der Waals surface area contributed by atoms with E-state index in [1.165, 1.54) is 26.4 Å². The van der Waals surface area contributed by atoms with Gasteiger partial charge in [0.2, 0.25) is 0 Å².